The van der Waals surface area contributed by atoms with Crippen molar-refractivity contribution in [2.75, 3.05) is 0 Å². The van der Waals surface area contributed by atoms with Crippen LogP contribution in [0.25, 0.3) is 0 Å². The molecule has 0 aromatic rings. The quantitative estimate of drug-likeness (QED) is 0.591. The average molecular weight is 146 g/mol. The molecule has 0 amide bonds. The summed E-state index contributed by atoms with van der Waals surface area (Å²) in [6, 6.07) is 0. The fourth-order valence-electron chi connectivity index (χ4n) is 0.592. The summed E-state index contributed by atoms with van der Waals surface area (Å²) in [6.07, 6.45) is -0.803. The van der Waals surface area contributed by atoms with Crippen LogP contribution in [0.1, 0.15) is 26.7 Å². The van der Waals surface area contributed by atoms with Gasteiger partial charge in [0.05, 0.1) is 12.2 Å². The molecule has 2 unspecified atom stereocenters. The molecule has 0 saturated heterocycles. The van der Waals surface area contributed by atoms with Gasteiger partial charge in [0.2, 0.25) is 0 Å². The van der Waals surface area contributed by atoms with Gasteiger partial charge < -0.3 is 15.0 Å². The molecule has 0 rings (SSSR count). The minimum Gasteiger partial charge on any atom is -0.391 e. The molecule has 3 nitrogen and oxygen atoms in total. The molecule has 0 aliphatic rings. The summed E-state index contributed by atoms with van der Waals surface area (Å²) in [7, 11) is 0. The van der Waals surface area contributed by atoms with Gasteiger partial charge in [-0.05, 0) is 20.3 Å². The first-order chi connectivity index (χ1) is 4.54. The molecule has 0 aliphatic heterocycles. The number of ketones is 1. The van der Waals surface area contributed by atoms with Gasteiger partial charge in [-0.2, -0.15) is 0 Å². The summed E-state index contributed by atoms with van der Waals surface area (Å²) < 4.78 is 0. The largest absolute Gasteiger partial charge is 0.391 e. The first kappa shape index (κ1) is 9.59. The first-order valence-corrected chi connectivity index (χ1v) is 3.39. The Bertz CT molecular complexity index is 109. The van der Waals surface area contributed by atoms with Crippen molar-refractivity contribution in [3.05, 3.63) is 0 Å². The number of aliphatic hydroxyl groups is 2. The van der Waals surface area contributed by atoms with Crippen molar-refractivity contribution in [2.45, 2.75) is 38.9 Å². The summed E-state index contributed by atoms with van der Waals surface area (Å²) in [6.45, 7) is 2.97. The molecular formula is C7H14O3. The Morgan fingerprint density at radius 1 is 1.50 bits per heavy atom. The summed E-state index contributed by atoms with van der Waals surface area (Å²) in [5, 5.41) is 17.7. The summed E-state index contributed by atoms with van der Waals surface area (Å²) in [5.41, 5.74) is 0. The zero-order chi connectivity index (χ0) is 8.15. The highest BCUT2D eigenvalue weighted by Gasteiger charge is 2.10. The molecular weight excluding hydrogens is 132 g/mol. The third-order valence-corrected chi connectivity index (χ3v) is 1.35. The Hall–Kier alpha value is -0.410. The van der Waals surface area contributed by atoms with Gasteiger partial charge in [0.25, 0.3) is 0 Å². The third-order valence-electron chi connectivity index (χ3n) is 1.35. The molecule has 0 spiro atoms. The van der Waals surface area contributed by atoms with Gasteiger partial charge in [-0.15, -0.1) is 0 Å². The van der Waals surface area contributed by atoms with E-state index in [1.54, 1.807) is 0 Å². The lowest BCUT2D eigenvalue weighted by molar-refractivity contribution is -0.117. The van der Waals surface area contributed by atoms with Gasteiger partial charge >= 0.3 is 0 Å². The van der Waals surface area contributed by atoms with Crippen molar-refractivity contribution in [2.24, 2.45) is 0 Å². The molecule has 0 bridgehead atoms. The van der Waals surface area contributed by atoms with E-state index in [9.17, 15) is 4.79 Å². The van der Waals surface area contributed by atoms with Gasteiger partial charge in [-0.1, -0.05) is 0 Å². The van der Waals surface area contributed by atoms with Crippen LogP contribution in [0, 0.1) is 0 Å². The van der Waals surface area contributed by atoms with Gasteiger partial charge in [0, 0.05) is 6.42 Å². The van der Waals surface area contributed by atoms with Crippen LogP contribution in [-0.2, 0) is 4.79 Å². The normalized spacial score (nSPS) is 16.4. The van der Waals surface area contributed by atoms with E-state index in [2.05, 4.69) is 0 Å². The predicted molar refractivity (Wildman–Crippen MR) is 37.6 cm³/mol. The molecule has 10 heavy (non-hydrogen) atoms. The van der Waals surface area contributed by atoms with Crippen molar-refractivity contribution in [3.8, 4) is 0 Å². The van der Waals surface area contributed by atoms with E-state index in [0.717, 1.165) is 0 Å². The highest BCUT2D eigenvalue weighted by atomic mass is 16.3. The fourth-order valence-corrected chi connectivity index (χ4v) is 0.592. The molecule has 0 saturated carbocycles. The minimum absolute atomic E-state index is 0.0414. The van der Waals surface area contributed by atoms with E-state index in [4.69, 9.17) is 10.2 Å². The van der Waals surface area contributed by atoms with Crippen LogP contribution in [-0.4, -0.2) is 28.2 Å². The Balaban J connectivity index is 3.39. The van der Waals surface area contributed by atoms with Crippen molar-refractivity contribution in [3.63, 3.8) is 0 Å². The molecule has 0 aromatic heterocycles. The van der Waals surface area contributed by atoms with Gasteiger partial charge in [0.1, 0.15) is 5.78 Å². The second kappa shape index (κ2) is 4.41. The lowest BCUT2D eigenvalue weighted by Crippen LogP contribution is -2.22. The monoisotopic (exact) mass is 146 g/mol. The van der Waals surface area contributed by atoms with Crippen molar-refractivity contribution >= 4 is 5.78 Å². The van der Waals surface area contributed by atoms with E-state index in [1.807, 2.05) is 0 Å². The van der Waals surface area contributed by atoms with Crippen LogP contribution < -0.4 is 0 Å². The molecule has 0 aliphatic carbocycles. The molecule has 0 fully saturated rings. The van der Waals surface area contributed by atoms with Crippen LogP contribution in [0.5, 0.6) is 0 Å². The number of aliphatic hydroxyl groups excluding tert-OH is 2. The van der Waals surface area contributed by atoms with E-state index in [-0.39, 0.29) is 5.78 Å². The third kappa shape index (κ3) is 4.47. The Morgan fingerprint density at radius 3 is 2.30 bits per heavy atom. The van der Waals surface area contributed by atoms with E-state index in [1.165, 1.54) is 13.8 Å². The number of hydrogen-bond donors (Lipinski definition) is 2. The molecule has 2 N–H and O–H groups in total. The van der Waals surface area contributed by atoms with Crippen LogP contribution in [0.3, 0.4) is 0 Å². The van der Waals surface area contributed by atoms with Crippen LogP contribution in [0.2, 0.25) is 0 Å². The number of rotatable bonds is 4. The average Bonchev–Trinajstić information content (AvgIpc) is 1.82. The summed E-state index contributed by atoms with van der Waals surface area (Å²) in [5.74, 6) is 0.0414. The van der Waals surface area contributed by atoms with E-state index < -0.39 is 12.2 Å². The Labute approximate surface area is 60.7 Å². The number of carbonyl (C=O) groups excluding carboxylic acids is 1. The predicted octanol–water partition coefficient (Wildman–Crippen LogP) is 0.0973. The second-order valence-electron chi connectivity index (χ2n) is 2.55. The van der Waals surface area contributed by atoms with Crippen molar-refractivity contribution in [1.82, 2.24) is 0 Å². The molecule has 3 heteroatoms. The maximum Gasteiger partial charge on any atom is 0.129 e. The van der Waals surface area contributed by atoms with Crippen molar-refractivity contribution < 1.29 is 15.0 Å². The van der Waals surface area contributed by atoms with Gasteiger partial charge in [0.15, 0.2) is 0 Å². The van der Waals surface area contributed by atoms with E-state index in [0.29, 0.717) is 12.8 Å². The molecule has 0 radical (unpaired) electrons. The fraction of sp³-hybridized carbons (Fsp3) is 0.857. The lowest BCUT2D eigenvalue weighted by Gasteiger charge is -2.11. The topological polar surface area (TPSA) is 57.5 Å². The first-order valence-electron chi connectivity index (χ1n) is 3.39. The highest BCUT2D eigenvalue weighted by Crippen LogP contribution is 2.01. The van der Waals surface area contributed by atoms with Gasteiger partial charge in [-0.3, -0.25) is 0 Å². The SMILES string of the molecule is CC(=O)CCC(O)C(C)O. The number of hydrogen-bond acceptors (Lipinski definition) is 3. The summed E-state index contributed by atoms with van der Waals surface area (Å²) >= 11 is 0. The summed E-state index contributed by atoms with van der Waals surface area (Å²) in [4.78, 5) is 10.4. The smallest absolute Gasteiger partial charge is 0.129 e. The van der Waals surface area contributed by atoms with Crippen LogP contribution >= 0.6 is 0 Å². The lowest BCUT2D eigenvalue weighted by atomic mass is 10.1. The molecule has 0 aromatic carbocycles. The Kier molecular flexibility index (Phi) is 4.23. The maximum atomic E-state index is 10.4. The zero-order valence-electron chi connectivity index (χ0n) is 6.37. The molecule has 0 heterocycles. The number of Topliss-reactive ketones (excluding diaryl/α,β-unsaturated/α-hetero) is 1. The highest BCUT2D eigenvalue weighted by molar-refractivity contribution is 5.75. The van der Waals surface area contributed by atoms with Gasteiger partial charge in [-0.25, -0.2) is 0 Å². The van der Waals surface area contributed by atoms with E-state index >= 15 is 0 Å². The Morgan fingerprint density at radius 2 is 2.00 bits per heavy atom. The van der Waals surface area contributed by atoms with Crippen LogP contribution in [0.4, 0.5) is 0 Å². The second-order valence-corrected chi connectivity index (χ2v) is 2.55. The zero-order valence-corrected chi connectivity index (χ0v) is 6.37. The molecule has 2 atom stereocenters. The van der Waals surface area contributed by atoms with Crippen molar-refractivity contribution in [1.29, 1.82) is 0 Å². The maximum absolute atomic E-state index is 10.4. The molecule has 60 valence electrons. The minimum atomic E-state index is -0.760. The van der Waals surface area contributed by atoms with Crippen LogP contribution in [0.15, 0.2) is 0 Å². The standard InChI is InChI=1S/C7H14O3/c1-5(8)3-4-7(10)6(2)9/h6-7,9-10H,3-4H2,1-2H3. The number of carbonyl (C=O) groups is 1.